The highest BCUT2D eigenvalue weighted by Gasteiger charge is 2.46. The summed E-state index contributed by atoms with van der Waals surface area (Å²) in [4.78, 5) is 42.4. The van der Waals surface area contributed by atoms with Gasteiger partial charge in [0.25, 0.3) is 0 Å². The van der Waals surface area contributed by atoms with E-state index in [4.69, 9.17) is 0 Å². The summed E-state index contributed by atoms with van der Waals surface area (Å²) in [5.41, 5.74) is -3.62. The molecule has 23 heavy (non-hydrogen) atoms. The highest BCUT2D eigenvalue weighted by atomic mass is 16.6. The van der Waals surface area contributed by atoms with Crippen molar-refractivity contribution in [2.45, 2.75) is 0 Å². The molecule has 0 atom stereocenters. The lowest BCUT2D eigenvalue weighted by molar-refractivity contribution is -0.441. The van der Waals surface area contributed by atoms with Gasteiger partial charge in [-0.2, -0.15) is 0 Å². The van der Waals surface area contributed by atoms with Crippen LogP contribution in [0, 0.1) is 30.3 Å². The Balaban J connectivity index is 2.52. The first kappa shape index (κ1) is 14.3. The number of nitro groups is 3. The van der Waals surface area contributed by atoms with Crippen molar-refractivity contribution in [1.82, 2.24) is 0 Å². The molecule has 0 radical (unpaired) electrons. The zero-order valence-corrected chi connectivity index (χ0v) is 11.1. The van der Waals surface area contributed by atoms with Crippen LogP contribution in [0.3, 0.4) is 0 Å². The second kappa shape index (κ2) is 4.66. The van der Waals surface area contributed by atoms with Gasteiger partial charge in [0.2, 0.25) is 5.78 Å². The van der Waals surface area contributed by atoms with Gasteiger partial charge in [-0.1, -0.05) is 24.3 Å². The summed E-state index contributed by atoms with van der Waals surface area (Å²) in [6.45, 7) is 0. The molecule has 0 saturated heterocycles. The van der Waals surface area contributed by atoms with E-state index in [2.05, 4.69) is 0 Å². The lowest BCUT2D eigenvalue weighted by Gasteiger charge is -2.02. The number of hydrogen-bond donors (Lipinski definition) is 0. The number of fused-ring (bicyclic) bond motifs is 3. The van der Waals surface area contributed by atoms with Crippen molar-refractivity contribution in [1.29, 1.82) is 0 Å². The number of rotatable bonds is 3. The molecule has 0 aliphatic heterocycles. The van der Waals surface area contributed by atoms with Gasteiger partial charge < -0.3 is 0 Å². The second-order valence-electron chi connectivity index (χ2n) is 4.66. The number of hydrogen-bond acceptors (Lipinski definition) is 7. The van der Waals surface area contributed by atoms with E-state index in [0.717, 1.165) is 6.07 Å². The number of nitro benzene ring substituents is 3. The standard InChI is InChI=1S/C13H5N3O7/c17-13-7-4-2-1-3-6(7)8-5-9(14(18)19)11(15(20)21)12(10(8)13)16(22)23/h1-5H. The Hall–Kier alpha value is -3.69. The van der Waals surface area contributed by atoms with Crippen LogP contribution >= 0.6 is 0 Å². The van der Waals surface area contributed by atoms with E-state index >= 15 is 0 Å². The molecule has 3 rings (SSSR count). The van der Waals surface area contributed by atoms with Gasteiger partial charge in [-0.3, -0.25) is 35.1 Å². The topological polar surface area (TPSA) is 146 Å². The summed E-state index contributed by atoms with van der Waals surface area (Å²) in [6.07, 6.45) is 0. The van der Waals surface area contributed by atoms with Crippen molar-refractivity contribution in [3.05, 3.63) is 71.8 Å². The fourth-order valence-corrected chi connectivity index (χ4v) is 2.63. The van der Waals surface area contributed by atoms with Gasteiger partial charge in [-0.05, 0) is 5.56 Å². The quantitative estimate of drug-likeness (QED) is 0.533. The summed E-state index contributed by atoms with van der Waals surface area (Å²) in [5.74, 6) is -0.764. The van der Waals surface area contributed by atoms with Gasteiger partial charge in [0.05, 0.1) is 14.8 Å². The summed E-state index contributed by atoms with van der Waals surface area (Å²) >= 11 is 0. The number of carbonyl (C=O) groups is 1. The first-order valence-corrected chi connectivity index (χ1v) is 6.13. The molecular weight excluding hydrogens is 310 g/mol. The van der Waals surface area contributed by atoms with Gasteiger partial charge in [0.1, 0.15) is 5.56 Å². The lowest BCUT2D eigenvalue weighted by Crippen LogP contribution is -2.07. The summed E-state index contributed by atoms with van der Waals surface area (Å²) in [7, 11) is 0. The Morgan fingerprint density at radius 3 is 1.83 bits per heavy atom. The smallest absolute Gasteiger partial charge is 0.288 e. The molecule has 2 aromatic carbocycles. The molecule has 10 heteroatoms. The molecule has 0 aromatic heterocycles. The number of carbonyl (C=O) groups excluding carboxylic acids is 1. The third-order valence-electron chi connectivity index (χ3n) is 3.50. The van der Waals surface area contributed by atoms with Crippen molar-refractivity contribution in [3.63, 3.8) is 0 Å². The number of benzene rings is 2. The van der Waals surface area contributed by atoms with E-state index in [0.29, 0.717) is 0 Å². The normalized spacial score (nSPS) is 11.7. The first-order valence-electron chi connectivity index (χ1n) is 6.13. The zero-order chi connectivity index (χ0) is 16.9. The molecule has 1 aliphatic rings. The highest BCUT2D eigenvalue weighted by Crippen LogP contribution is 2.49. The molecule has 1 aliphatic carbocycles. The predicted octanol–water partition coefficient (Wildman–Crippen LogP) is 2.62. The van der Waals surface area contributed by atoms with Crippen molar-refractivity contribution in [3.8, 4) is 11.1 Å². The minimum Gasteiger partial charge on any atom is -0.288 e. The SMILES string of the molecule is O=C1c2ccccc2-c2cc([N+](=O)[O-])c([N+](=O)[O-])c([N+](=O)[O-])c21. The van der Waals surface area contributed by atoms with Crippen molar-refractivity contribution < 1.29 is 19.6 Å². The maximum atomic E-state index is 12.4. The monoisotopic (exact) mass is 315 g/mol. The molecule has 0 amide bonds. The molecular formula is C13H5N3O7. The average molecular weight is 315 g/mol. The third kappa shape index (κ3) is 1.85. The van der Waals surface area contributed by atoms with Gasteiger partial charge in [0.15, 0.2) is 0 Å². The molecule has 114 valence electrons. The van der Waals surface area contributed by atoms with Crippen LogP contribution in [0.2, 0.25) is 0 Å². The highest BCUT2D eigenvalue weighted by molar-refractivity contribution is 6.25. The summed E-state index contributed by atoms with van der Waals surface area (Å²) in [6, 6.07) is 6.79. The minimum absolute atomic E-state index is 0.0467. The minimum atomic E-state index is -1.29. The van der Waals surface area contributed by atoms with Crippen LogP contribution < -0.4 is 0 Å². The largest absolute Gasteiger partial charge is 0.423 e. The lowest BCUT2D eigenvalue weighted by atomic mass is 10.0. The zero-order valence-electron chi connectivity index (χ0n) is 11.1. The van der Waals surface area contributed by atoms with E-state index < -0.39 is 43.2 Å². The fraction of sp³-hybridized carbons (Fsp3) is 0. The average Bonchev–Trinajstić information content (AvgIpc) is 2.78. The van der Waals surface area contributed by atoms with Gasteiger partial charge in [-0.25, -0.2) is 0 Å². The maximum absolute atomic E-state index is 12.4. The van der Waals surface area contributed by atoms with Crippen molar-refractivity contribution >= 4 is 22.8 Å². The molecule has 10 nitrogen and oxygen atoms in total. The fourth-order valence-electron chi connectivity index (χ4n) is 2.63. The van der Waals surface area contributed by atoms with Crippen LogP contribution in [0.5, 0.6) is 0 Å². The first-order chi connectivity index (χ1) is 10.8. The molecule has 0 unspecified atom stereocenters. The van der Waals surface area contributed by atoms with Crippen LogP contribution in [0.1, 0.15) is 15.9 Å². The molecule has 0 fully saturated rings. The Morgan fingerprint density at radius 2 is 1.30 bits per heavy atom. The van der Waals surface area contributed by atoms with Crippen molar-refractivity contribution in [2.75, 3.05) is 0 Å². The summed E-state index contributed by atoms with van der Waals surface area (Å²) in [5, 5.41) is 33.5. The van der Waals surface area contributed by atoms with Gasteiger partial charge >= 0.3 is 17.1 Å². The van der Waals surface area contributed by atoms with Gasteiger partial charge in [0, 0.05) is 17.2 Å². The van der Waals surface area contributed by atoms with Crippen molar-refractivity contribution in [2.24, 2.45) is 0 Å². The molecule has 0 bridgehead atoms. The second-order valence-corrected chi connectivity index (χ2v) is 4.66. The molecule has 2 aromatic rings. The number of ketones is 1. The van der Waals surface area contributed by atoms with Crippen LogP contribution in [0.25, 0.3) is 11.1 Å². The predicted molar refractivity (Wildman–Crippen MR) is 75.3 cm³/mol. The van der Waals surface area contributed by atoms with E-state index in [9.17, 15) is 35.1 Å². The summed E-state index contributed by atoms with van der Waals surface area (Å²) < 4.78 is 0. The molecule has 0 saturated carbocycles. The van der Waals surface area contributed by atoms with Gasteiger partial charge in [-0.15, -0.1) is 0 Å². The van der Waals surface area contributed by atoms with E-state index in [1.165, 1.54) is 18.2 Å². The molecule has 0 spiro atoms. The Morgan fingerprint density at radius 1 is 0.739 bits per heavy atom. The third-order valence-corrected chi connectivity index (χ3v) is 3.50. The number of nitrogens with zero attached hydrogens (tertiary/aromatic N) is 3. The van der Waals surface area contributed by atoms with E-state index in [1.54, 1.807) is 6.07 Å². The Labute approximate surface area is 126 Å². The Kier molecular flexibility index (Phi) is 2.89. The Bertz CT molecular complexity index is 935. The van der Waals surface area contributed by atoms with Crippen LogP contribution in [0.15, 0.2) is 30.3 Å². The molecule has 0 N–H and O–H groups in total. The van der Waals surface area contributed by atoms with E-state index in [1.807, 2.05) is 0 Å². The molecule has 0 heterocycles. The van der Waals surface area contributed by atoms with Crippen LogP contribution in [0.4, 0.5) is 17.1 Å². The van der Waals surface area contributed by atoms with E-state index in [-0.39, 0.29) is 16.7 Å². The van der Waals surface area contributed by atoms with Crippen LogP contribution in [-0.2, 0) is 0 Å². The van der Waals surface area contributed by atoms with Crippen LogP contribution in [-0.4, -0.2) is 20.6 Å². The maximum Gasteiger partial charge on any atom is 0.423 e.